The van der Waals surface area contributed by atoms with Crippen LogP contribution in [0.3, 0.4) is 0 Å². The molecule has 1 unspecified atom stereocenters. The van der Waals surface area contributed by atoms with Crippen LogP contribution in [-0.4, -0.2) is 66.2 Å². The number of urea groups is 1. The van der Waals surface area contributed by atoms with E-state index in [0.717, 1.165) is 19.4 Å². The SMILES string of the molecule is CN(C)C(=O)N1CCCC(C(=O)NC2CC(O)C2)C1. The molecule has 1 atom stereocenters. The number of piperidine rings is 1. The highest BCUT2D eigenvalue weighted by Crippen LogP contribution is 2.22. The van der Waals surface area contributed by atoms with E-state index in [1.54, 1.807) is 23.9 Å². The van der Waals surface area contributed by atoms with E-state index in [-0.39, 0.29) is 30.0 Å². The number of carbonyl (C=O) groups is 2. The van der Waals surface area contributed by atoms with Gasteiger partial charge in [0.2, 0.25) is 5.91 Å². The third kappa shape index (κ3) is 3.37. The zero-order chi connectivity index (χ0) is 14.0. The molecule has 0 aromatic heterocycles. The molecular formula is C13H23N3O3. The number of rotatable bonds is 2. The van der Waals surface area contributed by atoms with Crippen molar-refractivity contribution >= 4 is 11.9 Å². The highest BCUT2D eigenvalue weighted by molar-refractivity contribution is 5.81. The number of carbonyl (C=O) groups excluding carboxylic acids is 2. The zero-order valence-corrected chi connectivity index (χ0v) is 11.6. The van der Waals surface area contributed by atoms with Crippen molar-refractivity contribution in [3.8, 4) is 0 Å². The van der Waals surface area contributed by atoms with Crippen molar-refractivity contribution in [2.45, 2.75) is 37.8 Å². The van der Waals surface area contributed by atoms with Crippen molar-refractivity contribution in [2.24, 2.45) is 5.92 Å². The van der Waals surface area contributed by atoms with Gasteiger partial charge in [0, 0.05) is 33.2 Å². The molecule has 0 radical (unpaired) electrons. The zero-order valence-electron chi connectivity index (χ0n) is 11.6. The van der Waals surface area contributed by atoms with E-state index in [9.17, 15) is 14.7 Å². The molecule has 19 heavy (non-hydrogen) atoms. The maximum atomic E-state index is 12.1. The fourth-order valence-corrected chi connectivity index (χ4v) is 2.67. The molecule has 1 heterocycles. The maximum absolute atomic E-state index is 12.1. The van der Waals surface area contributed by atoms with Crippen LogP contribution in [0.25, 0.3) is 0 Å². The summed E-state index contributed by atoms with van der Waals surface area (Å²) in [6.45, 7) is 1.22. The maximum Gasteiger partial charge on any atom is 0.319 e. The number of hydrogen-bond donors (Lipinski definition) is 2. The molecule has 3 amide bonds. The first-order chi connectivity index (χ1) is 8.97. The number of nitrogens with one attached hydrogen (secondary N) is 1. The molecule has 0 spiro atoms. The quantitative estimate of drug-likeness (QED) is 0.742. The van der Waals surface area contributed by atoms with Crippen molar-refractivity contribution in [1.29, 1.82) is 0 Å². The van der Waals surface area contributed by atoms with E-state index in [2.05, 4.69) is 5.32 Å². The molecule has 2 rings (SSSR count). The first kappa shape index (κ1) is 14.1. The Balaban J connectivity index is 1.83. The van der Waals surface area contributed by atoms with Crippen molar-refractivity contribution in [3.05, 3.63) is 0 Å². The molecule has 1 aliphatic carbocycles. The lowest BCUT2D eigenvalue weighted by Gasteiger charge is -2.36. The van der Waals surface area contributed by atoms with Gasteiger partial charge >= 0.3 is 6.03 Å². The number of hydrogen-bond acceptors (Lipinski definition) is 3. The fourth-order valence-electron chi connectivity index (χ4n) is 2.67. The van der Waals surface area contributed by atoms with Crippen molar-refractivity contribution in [3.63, 3.8) is 0 Å². The summed E-state index contributed by atoms with van der Waals surface area (Å²) >= 11 is 0. The van der Waals surface area contributed by atoms with Crippen LogP contribution in [0.4, 0.5) is 4.79 Å². The van der Waals surface area contributed by atoms with Crippen LogP contribution in [0.15, 0.2) is 0 Å². The Morgan fingerprint density at radius 3 is 2.58 bits per heavy atom. The summed E-state index contributed by atoms with van der Waals surface area (Å²) in [6.07, 6.45) is 2.74. The van der Waals surface area contributed by atoms with Gasteiger partial charge in [-0.1, -0.05) is 0 Å². The van der Waals surface area contributed by atoms with Gasteiger partial charge in [0.15, 0.2) is 0 Å². The van der Waals surface area contributed by atoms with Crippen LogP contribution in [0.5, 0.6) is 0 Å². The van der Waals surface area contributed by atoms with Crippen molar-refractivity contribution in [2.75, 3.05) is 27.2 Å². The van der Waals surface area contributed by atoms with E-state index >= 15 is 0 Å². The van der Waals surface area contributed by atoms with Gasteiger partial charge < -0.3 is 20.2 Å². The molecule has 0 bridgehead atoms. The Kier molecular flexibility index (Phi) is 4.29. The summed E-state index contributed by atoms with van der Waals surface area (Å²) in [5, 5.41) is 12.2. The predicted molar refractivity (Wildman–Crippen MR) is 70.6 cm³/mol. The molecule has 0 aromatic rings. The third-order valence-electron chi connectivity index (χ3n) is 3.90. The van der Waals surface area contributed by atoms with Gasteiger partial charge in [0.1, 0.15) is 0 Å². The van der Waals surface area contributed by atoms with Crippen LogP contribution in [0.1, 0.15) is 25.7 Å². The van der Waals surface area contributed by atoms with E-state index < -0.39 is 0 Å². The first-order valence-corrected chi connectivity index (χ1v) is 6.92. The molecule has 6 nitrogen and oxygen atoms in total. The van der Waals surface area contributed by atoms with Gasteiger partial charge in [-0.05, 0) is 25.7 Å². The van der Waals surface area contributed by atoms with Gasteiger partial charge in [-0.3, -0.25) is 4.79 Å². The minimum atomic E-state index is -0.261. The molecule has 1 saturated carbocycles. The minimum Gasteiger partial charge on any atom is -0.393 e. The van der Waals surface area contributed by atoms with Gasteiger partial charge in [0.05, 0.1) is 12.0 Å². The molecule has 0 aromatic carbocycles. The smallest absolute Gasteiger partial charge is 0.319 e. The molecule has 6 heteroatoms. The summed E-state index contributed by atoms with van der Waals surface area (Å²) in [6, 6.07) is 0.0824. The van der Waals surface area contributed by atoms with Crippen LogP contribution < -0.4 is 5.32 Å². The summed E-state index contributed by atoms with van der Waals surface area (Å²) in [5.74, 6) is -0.0939. The summed E-state index contributed by atoms with van der Waals surface area (Å²) in [7, 11) is 3.45. The fraction of sp³-hybridized carbons (Fsp3) is 0.846. The largest absolute Gasteiger partial charge is 0.393 e. The van der Waals surface area contributed by atoms with E-state index in [4.69, 9.17) is 0 Å². The summed E-state index contributed by atoms with van der Waals surface area (Å²) in [4.78, 5) is 27.3. The molecule has 2 N–H and O–H groups in total. The topological polar surface area (TPSA) is 72.9 Å². The van der Waals surface area contributed by atoms with Gasteiger partial charge in [-0.15, -0.1) is 0 Å². The van der Waals surface area contributed by atoms with E-state index in [1.807, 2.05) is 0 Å². The van der Waals surface area contributed by atoms with Crippen LogP contribution in [0, 0.1) is 5.92 Å². The number of aliphatic hydroxyl groups is 1. The number of aliphatic hydroxyl groups excluding tert-OH is 1. The van der Waals surface area contributed by atoms with Gasteiger partial charge in [0.25, 0.3) is 0 Å². The molecular weight excluding hydrogens is 246 g/mol. The van der Waals surface area contributed by atoms with Crippen LogP contribution >= 0.6 is 0 Å². The summed E-state index contributed by atoms with van der Waals surface area (Å²) < 4.78 is 0. The van der Waals surface area contributed by atoms with Crippen molar-refractivity contribution in [1.82, 2.24) is 15.1 Å². The highest BCUT2D eigenvalue weighted by Gasteiger charge is 2.33. The Hall–Kier alpha value is -1.30. The lowest BCUT2D eigenvalue weighted by molar-refractivity contribution is -0.128. The lowest BCUT2D eigenvalue weighted by atomic mass is 9.88. The molecule has 2 fully saturated rings. The predicted octanol–water partition coefficient (Wildman–Crippen LogP) is 0.0195. The lowest BCUT2D eigenvalue weighted by Crippen LogP contribution is -2.52. The third-order valence-corrected chi connectivity index (χ3v) is 3.90. The Labute approximate surface area is 113 Å². The molecule has 1 aliphatic heterocycles. The number of likely N-dealkylation sites (tertiary alicyclic amines) is 1. The highest BCUT2D eigenvalue weighted by atomic mass is 16.3. The second kappa shape index (κ2) is 5.77. The molecule has 1 saturated heterocycles. The Morgan fingerprint density at radius 1 is 1.32 bits per heavy atom. The standard InChI is InChI=1S/C13H23N3O3/c1-15(2)13(19)16-5-3-4-9(8-16)12(18)14-10-6-11(17)7-10/h9-11,17H,3-8H2,1-2H3,(H,14,18). The molecule has 2 aliphatic rings. The average Bonchev–Trinajstić information content (AvgIpc) is 2.36. The second-order valence-corrected chi connectivity index (χ2v) is 5.79. The van der Waals surface area contributed by atoms with Crippen LogP contribution in [0.2, 0.25) is 0 Å². The Morgan fingerprint density at radius 2 is 2.00 bits per heavy atom. The van der Waals surface area contributed by atoms with Crippen LogP contribution in [-0.2, 0) is 4.79 Å². The monoisotopic (exact) mass is 269 g/mol. The Bertz CT molecular complexity index is 353. The van der Waals surface area contributed by atoms with E-state index in [1.165, 1.54) is 0 Å². The second-order valence-electron chi connectivity index (χ2n) is 5.79. The average molecular weight is 269 g/mol. The minimum absolute atomic E-state index is 0.0214. The van der Waals surface area contributed by atoms with Gasteiger partial charge in [-0.25, -0.2) is 4.79 Å². The number of nitrogens with zero attached hydrogens (tertiary/aromatic N) is 2. The first-order valence-electron chi connectivity index (χ1n) is 6.92. The normalized spacial score (nSPS) is 30.5. The molecule has 108 valence electrons. The van der Waals surface area contributed by atoms with Gasteiger partial charge in [-0.2, -0.15) is 0 Å². The summed E-state index contributed by atoms with van der Waals surface area (Å²) in [5.41, 5.74) is 0. The number of amides is 3. The van der Waals surface area contributed by atoms with Crippen molar-refractivity contribution < 1.29 is 14.7 Å². The van der Waals surface area contributed by atoms with E-state index in [0.29, 0.717) is 19.4 Å².